The molecule has 9 heteroatoms. The van der Waals surface area contributed by atoms with Gasteiger partial charge in [-0.25, -0.2) is 0 Å². The number of amides is 2. The van der Waals surface area contributed by atoms with Crippen LogP contribution in [0.1, 0.15) is 16.1 Å². The molecule has 2 aromatic rings. The highest BCUT2D eigenvalue weighted by Gasteiger charge is 2.26. The van der Waals surface area contributed by atoms with Crippen molar-refractivity contribution < 1.29 is 32.4 Å². The molecule has 0 bridgehead atoms. The average Bonchev–Trinajstić information content (AvgIpc) is 3.24. The number of piperazine rings is 1. The summed E-state index contributed by atoms with van der Waals surface area (Å²) in [5, 5.41) is 2.88. The molecule has 1 aromatic heterocycles. The monoisotopic (exact) mass is 408 g/mol. The van der Waals surface area contributed by atoms with Crippen LogP contribution in [-0.2, 0) is 11.2 Å². The largest absolute Gasteiger partial charge is 0.459 e. The van der Waals surface area contributed by atoms with Crippen molar-refractivity contribution in [1.82, 2.24) is 10.2 Å². The van der Waals surface area contributed by atoms with Crippen LogP contribution >= 0.6 is 0 Å². The number of halogens is 2. The number of carbonyl (C=O) groups is 2. The zero-order chi connectivity index (χ0) is 20.6. The minimum atomic E-state index is -2.84. The third-order valence-corrected chi connectivity index (χ3v) is 4.78. The van der Waals surface area contributed by atoms with Gasteiger partial charge in [0.2, 0.25) is 0 Å². The first-order valence-electron chi connectivity index (χ1n) is 9.48. The van der Waals surface area contributed by atoms with E-state index in [1.54, 1.807) is 29.2 Å². The van der Waals surface area contributed by atoms with Crippen molar-refractivity contribution in [2.45, 2.75) is 13.0 Å². The molecule has 1 aromatic carbocycles. The summed E-state index contributed by atoms with van der Waals surface area (Å²) in [5.41, 5.74) is 0.921. The molecular weight excluding hydrogens is 384 g/mol. The predicted molar refractivity (Wildman–Crippen MR) is 100.0 cm³/mol. The second-order valence-corrected chi connectivity index (χ2v) is 6.82. The zero-order valence-corrected chi connectivity index (χ0v) is 15.9. The van der Waals surface area contributed by atoms with E-state index in [0.29, 0.717) is 51.4 Å². The first-order chi connectivity index (χ1) is 14.0. The number of carbonyl (C=O) groups excluding carboxylic acids is 2. The number of quaternary nitrogens is 1. The molecule has 2 amide bonds. The third kappa shape index (κ3) is 6.28. The third-order valence-electron chi connectivity index (χ3n) is 4.78. The standard InChI is InChI=1S/C20H23F2N3O4/c21-20(22)29-16-5-3-15(4-6-16)7-8-23-18(26)14-24-9-11-25(12-10-24)19(27)17-2-1-13-28-17/h1-6,13,20H,7-12,14H2,(H,23,26)/p+1. The maximum Gasteiger partial charge on any atom is 0.387 e. The van der Waals surface area contributed by atoms with Gasteiger partial charge in [-0.3, -0.25) is 9.59 Å². The first-order valence-corrected chi connectivity index (χ1v) is 9.48. The van der Waals surface area contributed by atoms with Crippen molar-refractivity contribution in [3.8, 4) is 5.75 Å². The topological polar surface area (TPSA) is 76.2 Å². The Morgan fingerprint density at radius 2 is 1.90 bits per heavy atom. The number of alkyl halides is 2. The van der Waals surface area contributed by atoms with Crippen LogP contribution in [0, 0.1) is 0 Å². The van der Waals surface area contributed by atoms with Gasteiger partial charge >= 0.3 is 6.61 Å². The molecule has 156 valence electrons. The lowest BCUT2D eigenvalue weighted by molar-refractivity contribution is -0.896. The molecule has 1 aliphatic rings. The molecule has 1 fully saturated rings. The average molecular weight is 408 g/mol. The van der Waals surface area contributed by atoms with Gasteiger partial charge in [-0.1, -0.05) is 12.1 Å². The smallest absolute Gasteiger partial charge is 0.387 e. The van der Waals surface area contributed by atoms with Crippen molar-refractivity contribution in [1.29, 1.82) is 0 Å². The first kappa shape index (κ1) is 20.8. The molecule has 7 nitrogen and oxygen atoms in total. The molecule has 29 heavy (non-hydrogen) atoms. The molecule has 0 aliphatic carbocycles. The number of nitrogens with zero attached hydrogens (tertiary/aromatic N) is 1. The van der Waals surface area contributed by atoms with Crippen LogP contribution in [-0.4, -0.2) is 62.6 Å². The Morgan fingerprint density at radius 3 is 2.52 bits per heavy atom. The van der Waals surface area contributed by atoms with Gasteiger partial charge < -0.3 is 24.3 Å². The molecule has 0 spiro atoms. The zero-order valence-electron chi connectivity index (χ0n) is 15.9. The van der Waals surface area contributed by atoms with E-state index in [0.717, 1.165) is 10.5 Å². The summed E-state index contributed by atoms with van der Waals surface area (Å²) in [4.78, 5) is 27.2. The number of hydrogen-bond donors (Lipinski definition) is 2. The molecule has 0 radical (unpaired) electrons. The highest BCUT2D eigenvalue weighted by atomic mass is 19.3. The second-order valence-electron chi connectivity index (χ2n) is 6.82. The summed E-state index contributed by atoms with van der Waals surface area (Å²) in [5.74, 6) is 0.271. The highest BCUT2D eigenvalue weighted by molar-refractivity contribution is 5.91. The Labute approximate surface area is 167 Å². The fourth-order valence-corrected chi connectivity index (χ4v) is 3.23. The summed E-state index contributed by atoms with van der Waals surface area (Å²) < 4.78 is 33.7. The van der Waals surface area contributed by atoms with Crippen molar-refractivity contribution in [3.63, 3.8) is 0 Å². The number of nitrogens with one attached hydrogen (secondary N) is 2. The van der Waals surface area contributed by atoms with Crippen molar-refractivity contribution >= 4 is 11.8 Å². The van der Waals surface area contributed by atoms with Gasteiger partial charge in [-0.15, -0.1) is 0 Å². The minimum Gasteiger partial charge on any atom is -0.459 e. The van der Waals surface area contributed by atoms with E-state index in [9.17, 15) is 18.4 Å². The number of rotatable bonds is 8. The van der Waals surface area contributed by atoms with Crippen molar-refractivity contribution in [2.24, 2.45) is 0 Å². The van der Waals surface area contributed by atoms with E-state index in [2.05, 4.69) is 10.1 Å². The highest BCUT2D eigenvalue weighted by Crippen LogP contribution is 2.15. The minimum absolute atomic E-state index is 0.0523. The van der Waals surface area contributed by atoms with Gasteiger partial charge in [-0.2, -0.15) is 8.78 Å². The molecule has 2 heterocycles. The summed E-state index contributed by atoms with van der Waals surface area (Å²) in [6.45, 7) is 0.531. The molecule has 0 unspecified atom stereocenters. The van der Waals surface area contributed by atoms with E-state index in [4.69, 9.17) is 4.42 Å². The number of furan rings is 1. The van der Waals surface area contributed by atoms with Gasteiger partial charge in [-0.05, 0) is 36.2 Å². The molecule has 1 aliphatic heterocycles. The van der Waals surface area contributed by atoms with Gasteiger partial charge in [0.05, 0.1) is 32.4 Å². The summed E-state index contributed by atoms with van der Waals surface area (Å²) in [6.07, 6.45) is 2.08. The molecule has 2 N–H and O–H groups in total. The van der Waals surface area contributed by atoms with Crippen LogP contribution in [0.15, 0.2) is 47.1 Å². The summed E-state index contributed by atoms with van der Waals surface area (Å²) in [6, 6.07) is 9.70. The molecule has 1 saturated heterocycles. The molecular formula is C20H24F2N3O4+. The van der Waals surface area contributed by atoms with Crippen LogP contribution in [0.5, 0.6) is 5.75 Å². The van der Waals surface area contributed by atoms with E-state index in [-0.39, 0.29) is 17.6 Å². The SMILES string of the molecule is O=C(C[NH+]1CCN(C(=O)c2ccco2)CC1)NCCc1ccc(OC(F)F)cc1. The van der Waals surface area contributed by atoms with Crippen LogP contribution in [0.4, 0.5) is 8.78 Å². The van der Waals surface area contributed by atoms with Gasteiger partial charge in [0, 0.05) is 6.54 Å². The molecule has 3 rings (SSSR count). The normalized spacial score (nSPS) is 14.8. The van der Waals surface area contributed by atoms with Crippen molar-refractivity contribution in [3.05, 3.63) is 54.0 Å². The Balaban J connectivity index is 1.33. The Morgan fingerprint density at radius 1 is 1.17 bits per heavy atom. The Hall–Kier alpha value is -2.94. The maximum absolute atomic E-state index is 12.2. The van der Waals surface area contributed by atoms with Crippen LogP contribution in [0.2, 0.25) is 0 Å². The van der Waals surface area contributed by atoms with E-state index in [1.807, 2.05) is 0 Å². The summed E-state index contributed by atoms with van der Waals surface area (Å²) in [7, 11) is 0. The van der Waals surface area contributed by atoms with E-state index < -0.39 is 6.61 Å². The lowest BCUT2D eigenvalue weighted by Gasteiger charge is -2.31. The van der Waals surface area contributed by atoms with Gasteiger partial charge in [0.1, 0.15) is 5.75 Å². The second kappa shape index (κ2) is 10.0. The Bertz CT molecular complexity index is 789. The van der Waals surface area contributed by atoms with Gasteiger partial charge in [0.15, 0.2) is 12.3 Å². The lowest BCUT2D eigenvalue weighted by atomic mass is 10.1. The summed E-state index contributed by atoms with van der Waals surface area (Å²) >= 11 is 0. The van der Waals surface area contributed by atoms with E-state index >= 15 is 0 Å². The maximum atomic E-state index is 12.2. The lowest BCUT2D eigenvalue weighted by Crippen LogP contribution is -3.15. The number of benzene rings is 1. The Kier molecular flexibility index (Phi) is 7.18. The quantitative estimate of drug-likeness (QED) is 0.670. The fourth-order valence-electron chi connectivity index (χ4n) is 3.23. The van der Waals surface area contributed by atoms with Crippen LogP contribution < -0.4 is 15.0 Å². The van der Waals surface area contributed by atoms with Crippen LogP contribution in [0.3, 0.4) is 0 Å². The molecule has 0 atom stereocenters. The van der Waals surface area contributed by atoms with E-state index in [1.165, 1.54) is 18.4 Å². The number of ether oxygens (including phenoxy) is 1. The van der Waals surface area contributed by atoms with Crippen molar-refractivity contribution in [2.75, 3.05) is 39.3 Å². The predicted octanol–water partition coefficient (Wildman–Crippen LogP) is 0.581. The fraction of sp³-hybridized carbons (Fsp3) is 0.400. The van der Waals surface area contributed by atoms with Gasteiger partial charge in [0.25, 0.3) is 11.8 Å². The number of hydrogen-bond acceptors (Lipinski definition) is 4. The molecule has 0 saturated carbocycles. The van der Waals surface area contributed by atoms with Crippen LogP contribution in [0.25, 0.3) is 0 Å².